The molecule has 3 heterocycles. The van der Waals surface area contributed by atoms with Crippen LogP contribution in [0.15, 0.2) is 200 Å². The van der Waals surface area contributed by atoms with E-state index in [1.165, 1.54) is 71.3 Å². The summed E-state index contributed by atoms with van der Waals surface area (Å²) >= 11 is 0. The van der Waals surface area contributed by atoms with Crippen LogP contribution in [-0.4, -0.2) is 22.6 Å². The van der Waals surface area contributed by atoms with Gasteiger partial charge in [-0.2, -0.15) is 0 Å². The number of fused-ring (bicyclic) bond motifs is 6. The number of nitrogens with zero attached hydrogens (tertiary/aromatic N) is 3. The van der Waals surface area contributed by atoms with Crippen molar-refractivity contribution in [1.82, 2.24) is 14.5 Å². The number of hydrogen-bond acceptors (Lipinski definition) is 2. The second-order valence-corrected chi connectivity index (χ2v) is 20.1. The molecular formula is C54H39N3Si. The summed E-state index contributed by atoms with van der Waals surface area (Å²) in [5.74, 6) is 0.787. The van der Waals surface area contributed by atoms with E-state index in [9.17, 15) is 0 Å². The van der Waals surface area contributed by atoms with Gasteiger partial charge in [-0.05, 0) is 92.7 Å². The quantitative estimate of drug-likeness (QED) is 0.158. The van der Waals surface area contributed by atoms with E-state index < -0.39 is 8.07 Å². The molecule has 2 aromatic heterocycles. The fourth-order valence-electron chi connectivity index (χ4n) is 9.06. The van der Waals surface area contributed by atoms with Gasteiger partial charge in [0.05, 0.1) is 16.7 Å². The maximum atomic E-state index is 5.36. The van der Waals surface area contributed by atoms with E-state index in [-0.39, 0.29) is 0 Å². The number of hydrogen-bond donors (Lipinski definition) is 0. The van der Waals surface area contributed by atoms with Crippen LogP contribution < -0.4 is 10.5 Å². The topological polar surface area (TPSA) is 30.7 Å². The van der Waals surface area contributed by atoms with Gasteiger partial charge in [0, 0.05) is 38.5 Å². The molecule has 1 aliphatic rings. The first kappa shape index (κ1) is 34.1. The van der Waals surface area contributed by atoms with Gasteiger partial charge in [-0.3, -0.25) is 0 Å². The number of benzene rings is 8. The zero-order valence-electron chi connectivity index (χ0n) is 32.4. The summed E-state index contributed by atoms with van der Waals surface area (Å²) in [5.41, 5.74) is 16.3. The molecule has 11 rings (SSSR count). The van der Waals surface area contributed by atoms with Crippen LogP contribution in [0, 0.1) is 0 Å². The van der Waals surface area contributed by atoms with E-state index in [1.807, 2.05) is 6.07 Å². The molecule has 10 aromatic rings. The fourth-order valence-corrected chi connectivity index (χ4v) is 12.0. The lowest BCUT2D eigenvalue weighted by molar-refractivity contribution is 1.18. The Morgan fingerprint density at radius 3 is 1.52 bits per heavy atom. The van der Waals surface area contributed by atoms with Crippen molar-refractivity contribution in [2.24, 2.45) is 0 Å². The van der Waals surface area contributed by atoms with Crippen molar-refractivity contribution in [2.45, 2.75) is 13.1 Å². The van der Waals surface area contributed by atoms with Crippen LogP contribution >= 0.6 is 0 Å². The van der Waals surface area contributed by atoms with Crippen LogP contribution in [0.5, 0.6) is 0 Å². The normalized spacial score (nSPS) is 12.8. The molecule has 0 saturated carbocycles. The summed E-state index contributed by atoms with van der Waals surface area (Å²) in [5, 5.41) is 5.12. The third-order valence-corrected chi connectivity index (χ3v) is 15.3. The monoisotopic (exact) mass is 757 g/mol. The number of rotatable bonds is 6. The van der Waals surface area contributed by atoms with Gasteiger partial charge in [-0.15, -0.1) is 0 Å². The van der Waals surface area contributed by atoms with Gasteiger partial charge in [0.1, 0.15) is 8.07 Å². The van der Waals surface area contributed by atoms with Crippen molar-refractivity contribution < 1.29 is 0 Å². The first-order chi connectivity index (χ1) is 28.5. The lowest BCUT2D eigenvalue weighted by Crippen LogP contribution is -2.50. The van der Waals surface area contributed by atoms with Gasteiger partial charge in [0.15, 0.2) is 5.82 Å². The van der Waals surface area contributed by atoms with Gasteiger partial charge < -0.3 is 4.57 Å². The molecule has 0 N–H and O–H groups in total. The Morgan fingerprint density at radius 1 is 0.397 bits per heavy atom. The summed E-state index contributed by atoms with van der Waals surface area (Å²) in [6, 6.07) is 72.3. The summed E-state index contributed by atoms with van der Waals surface area (Å²) in [6.07, 6.45) is 0. The summed E-state index contributed by atoms with van der Waals surface area (Å²) in [7, 11) is -2.06. The molecule has 274 valence electrons. The summed E-state index contributed by atoms with van der Waals surface area (Å²) in [6.45, 7) is 4.84. The van der Waals surface area contributed by atoms with Crippen molar-refractivity contribution in [3.63, 3.8) is 0 Å². The molecular weight excluding hydrogens is 719 g/mol. The molecule has 0 aliphatic carbocycles. The molecule has 58 heavy (non-hydrogen) atoms. The van der Waals surface area contributed by atoms with Gasteiger partial charge in [-0.1, -0.05) is 165 Å². The van der Waals surface area contributed by atoms with E-state index in [0.29, 0.717) is 0 Å². The van der Waals surface area contributed by atoms with Crippen LogP contribution in [0.2, 0.25) is 13.1 Å². The highest BCUT2D eigenvalue weighted by molar-refractivity contribution is 7.03. The second-order valence-electron chi connectivity index (χ2n) is 15.8. The number of para-hydroxylation sites is 1. The Morgan fingerprint density at radius 2 is 0.879 bits per heavy atom. The van der Waals surface area contributed by atoms with Crippen LogP contribution in [0.1, 0.15) is 0 Å². The molecule has 0 unspecified atom stereocenters. The van der Waals surface area contributed by atoms with Crippen LogP contribution in [0.25, 0.3) is 94.6 Å². The Balaban J connectivity index is 1.04. The average molecular weight is 758 g/mol. The predicted molar refractivity (Wildman–Crippen MR) is 246 cm³/mol. The molecule has 0 spiro atoms. The van der Waals surface area contributed by atoms with Crippen LogP contribution in [-0.2, 0) is 0 Å². The van der Waals surface area contributed by atoms with Gasteiger partial charge in [0.2, 0.25) is 0 Å². The minimum Gasteiger partial charge on any atom is -0.309 e. The zero-order valence-corrected chi connectivity index (χ0v) is 33.4. The lowest BCUT2D eigenvalue weighted by Gasteiger charge is -2.19. The van der Waals surface area contributed by atoms with E-state index >= 15 is 0 Å². The Bertz CT molecular complexity index is 3180. The summed E-state index contributed by atoms with van der Waals surface area (Å²) < 4.78 is 2.39. The standard InChI is InChI=1S/C54H39N3Si/c1-58(2)50-27-13-12-26-45(50)51-52(55-53(56-54(51)58)37-18-8-4-9-19-37)43-23-15-22-40(33-43)38-20-14-21-39(32-38)42-29-31-49-47(35-42)46-34-41(36-16-6-3-7-17-36)28-30-48(46)57(49)44-24-10-5-11-25-44/h3-35H,1-2H3. The van der Waals surface area contributed by atoms with Crippen molar-refractivity contribution in [3.05, 3.63) is 200 Å². The van der Waals surface area contributed by atoms with E-state index in [2.05, 4.69) is 212 Å². The first-order valence-electron chi connectivity index (χ1n) is 20.0. The van der Waals surface area contributed by atoms with Crippen LogP contribution in [0.3, 0.4) is 0 Å². The molecule has 0 radical (unpaired) electrons. The molecule has 1 aliphatic heterocycles. The molecule has 4 heteroatoms. The lowest BCUT2D eigenvalue weighted by atomic mass is 9.95. The smallest absolute Gasteiger partial charge is 0.159 e. The molecule has 0 bridgehead atoms. The summed E-state index contributed by atoms with van der Waals surface area (Å²) in [4.78, 5) is 10.7. The van der Waals surface area contributed by atoms with Crippen molar-refractivity contribution >= 4 is 40.4 Å². The highest BCUT2D eigenvalue weighted by atomic mass is 28.3. The molecule has 0 amide bonds. The largest absolute Gasteiger partial charge is 0.309 e. The zero-order chi connectivity index (χ0) is 38.8. The van der Waals surface area contributed by atoms with Gasteiger partial charge in [0.25, 0.3) is 0 Å². The minimum absolute atomic E-state index is 0.787. The third-order valence-electron chi connectivity index (χ3n) is 12.0. The Labute approximate surface area is 339 Å². The van der Waals surface area contributed by atoms with Crippen molar-refractivity contribution in [1.29, 1.82) is 0 Å². The molecule has 0 atom stereocenters. The first-order valence-corrected chi connectivity index (χ1v) is 23.0. The second kappa shape index (κ2) is 13.5. The number of aromatic nitrogens is 3. The Hall–Kier alpha value is -7.14. The molecule has 3 nitrogen and oxygen atoms in total. The Kier molecular flexibility index (Phi) is 7.95. The predicted octanol–water partition coefficient (Wildman–Crippen LogP) is 12.7. The minimum atomic E-state index is -2.06. The van der Waals surface area contributed by atoms with E-state index in [1.54, 1.807) is 0 Å². The SMILES string of the molecule is C[Si]1(C)c2ccccc2-c2c(-c3cccc(-c4cccc(-c5ccc6c(c5)c5cc(-c7ccccc7)ccc5n6-c5ccccc5)c4)c3)nc(-c3ccccc3)nc21. The maximum absolute atomic E-state index is 5.36. The molecule has 8 aromatic carbocycles. The fraction of sp³-hybridized carbons (Fsp3) is 0.0370. The van der Waals surface area contributed by atoms with Crippen molar-refractivity contribution in [2.75, 3.05) is 0 Å². The molecule has 0 fully saturated rings. The van der Waals surface area contributed by atoms with Gasteiger partial charge >= 0.3 is 0 Å². The van der Waals surface area contributed by atoms with Crippen LogP contribution in [0.4, 0.5) is 0 Å². The van der Waals surface area contributed by atoms with Gasteiger partial charge in [-0.25, -0.2) is 9.97 Å². The highest BCUT2D eigenvalue weighted by Crippen LogP contribution is 2.40. The van der Waals surface area contributed by atoms with Crippen molar-refractivity contribution in [3.8, 4) is 72.8 Å². The molecule has 0 saturated heterocycles. The highest BCUT2D eigenvalue weighted by Gasteiger charge is 2.41. The van der Waals surface area contributed by atoms with E-state index in [0.717, 1.165) is 33.9 Å². The third kappa shape index (κ3) is 5.56. The van der Waals surface area contributed by atoms with E-state index in [4.69, 9.17) is 9.97 Å². The maximum Gasteiger partial charge on any atom is 0.159 e. The average Bonchev–Trinajstić information content (AvgIpc) is 3.74.